The lowest BCUT2D eigenvalue weighted by Gasteiger charge is -2.26. The first-order valence-electron chi connectivity index (χ1n) is 44.1. The molecule has 4 saturated carbocycles. The molecule has 21 rings (SSSR count). The largest absolute Gasteiger partial charge is 0.495 e. The topological polar surface area (TPSA) is 464 Å². The molecule has 136 heavy (non-hydrogen) atoms. The lowest BCUT2D eigenvalue weighted by Crippen LogP contribution is -2.21. The van der Waals surface area contributed by atoms with Gasteiger partial charge >= 0.3 is 23.9 Å². The number of methoxy groups -OCH3 is 1. The van der Waals surface area contributed by atoms with Crippen LogP contribution in [0.1, 0.15) is 149 Å². The van der Waals surface area contributed by atoms with Crippen molar-refractivity contribution in [2.75, 3.05) is 30.0 Å². The Labute approximate surface area is 813 Å². The number of nitrogen functional groups attached to an aromatic ring is 4. The second-order valence-corrected chi connectivity index (χ2v) is 37.9. The number of halogens is 7. The molecule has 13 heterocycles. The molecule has 0 unspecified atom stereocenters. The number of anilines is 4. The fraction of sp³-hybridized carbons (Fsp3) is 0.255. The molecular formula is C98H87Br4ClF2N22O9. The van der Waals surface area contributed by atoms with Crippen LogP contribution in [0.3, 0.4) is 0 Å². The number of hydrogen-bond acceptors (Lipinski definition) is 22. The Morgan fingerprint density at radius 1 is 0.368 bits per heavy atom. The van der Waals surface area contributed by atoms with Gasteiger partial charge in [-0.25, -0.2) is 28.7 Å². The van der Waals surface area contributed by atoms with E-state index in [-0.39, 0.29) is 59.0 Å². The van der Waals surface area contributed by atoms with E-state index in [1.54, 1.807) is 86.9 Å². The van der Waals surface area contributed by atoms with Crippen molar-refractivity contribution in [3.8, 4) is 95.3 Å². The molecule has 13 N–H and O–H groups in total. The molecule has 0 saturated heterocycles. The second-order valence-electron chi connectivity index (χ2n) is 34.3. The summed E-state index contributed by atoms with van der Waals surface area (Å²) in [4.78, 5) is 83.4. The van der Waals surface area contributed by atoms with E-state index in [1.165, 1.54) is 24.3 Å². The van der Waals surface area contributed by atoms with Gasteiger partial charge in [-0.3, -0.25) is 44.2 Å². The molecule has 0 spiro atoms. The molecule has 13 aromatic heterocycles. The van der Waals surface area contributed by atoms with Crippen LogP contribution in [0.2, 0.25) is 5.02 Å². The predicted octanol–water partition coefficient (Wildman–Crippen LogP) is 21.5. The number of aromatic nitrogens is 18. The van der Waals surface area contributed by atoms with Gasteiger partial charge in [0, 0.05) is 121 Å². The van der Waals surface area contributed by atoms with Gasteiger partial charge in [0.1, 0.15) is 40.7 Å². The minimum Gasteiger partial charge on any atom is -0.495 e. The number of nitrogens with one attached hydrogen (secondary N) is 1. The van der Waals surface area contributed by atoms with E-state index in [4.69, 9.17) is 59.2 Å². The maximum atomic E-state index is 13.6. The Kier molecular flexibility index (Phi) is 27.1. The summed E-state index contributed by atoms with van der Waals surface area (Å²) >= 11 is 20.6. The molecule has 0 atom stereocenters. The summed E-state index contributed by atoms with van der Waals surface area (Å²) in [5.41, 5.74) is 45.4. The number of nitrogens with two attached hydrogens (primary N) is 4. The molecule has 38 heteroatoms. The summed E-state index contributed by atoms with van der Waals surface area (Å²) in [6, 6.07) is 39.6. The van der Waals surface area contributed by atoms with Crippen LogP contribution in [-0.2, 0) is 19.2 Å². The lowest BCUT2D eigenvalue weighted by molar-refractivity contribution is -0.143. The normalized spacial score (nSPS) is 18.3. The Morgan fingerprint density at radius 2 is 0.647 bits per heavy atom. The van der Waals surface area contributed by atoms with E-state index in [1.807, 2.05) is 97.2 Å². The van der Waals surface area contributed by atoms with E-state index in [0.717, 1.165) is 157 Å². The third kappa shape index (κ3) is 19.0. The van der Waals surface area contributed by atoms with Crippen LogP contribution in [0.4, 0.5) is 32.1 Å². The van der Waals surface area contributed by atoms with Gasteiger partial charge in [-0.05, 0) is 245 Å². The van der Waals surface area contributed by atoms with E-state index in [2.05, 4.69) is 120 Å². The summed E-state index contributed by atoms with van der Waals surface area (Å²) in [6.45, 7) is 0. The molecule has 4 aliphatic rings. The van der Waals surface area contributed by atoms with Gasteiger partial charge in [0.2, 0.25) is 0 Å². The Hall–Kier alpha value is -13.6. The number of carboxylic acid groups (broad SMARTS) is 4. The van der Waals surface area contributed by atoms with Gasteiger partial charge in [-0.15, -0.1) is 0 Å². The van der Waals surface area contributed by atoms with E-state index < -0.39 is 23.9 Å². The van der Waals surface area contributed by atoms with Crippen LogP contribution in [0.25, 0.3) is 123 Å². The van der Waals surface area contributed by atoms with Crippen LogP contribution >= 0.6 is 75.3 Å². The fourth-order valence-electron chi connectivity index (χ4n) is 18.5. The predicted molar refractivity (Wildman–Crippen MR) is 526 cm³/mol. The van der Waals surface area contributed by atoms with Crippen molar-refractivity contribution in [2.24, 2.45) is 23.7 Å². The molecule has 31 nitrogen and oxygen atoms in total. The number of pyridine rings is 4. The van der Waals surface area contributed by atoms with E-state index in [9.17, 15) is 48.4 Å². The summed E-state index contributed by atoms with van der Waals surface area (Å²) in [6.07, 6.45) is 26.8. The Bertz CT molecular complexity index is 7210. The molecule has 4 aromatic carbocycles. The Balaban J connectivity index is 0.000000121. The minimum absolute atomic E-state index is 0.124. The van der Waals surface area contributed by atoms with Gasteiger partial charge in [0.25, 0.3) is 0 Å². The summed E-state index contributed by atoms with van der Waals surface area (Å²) in [5.74, 6) is -1.71. The van der Waals surface area contributed by atoms with Gasteiger partial charge in [0.05, 0.1) is 136 Å². The standard InChI is InChI=1S/C25H23BrClN5O3.C25H22BrN7O2.2C24H21BrFN5O2/c1-35-20-9-7-15(10-18(20)27)19-8-6-16(11-29-19)17-12-30-32-23(28)21(26)22(31-24(17)32)13-2-4-14(5-3-13)25(33)34;26-21-22(13-1-3-14(4-2-13)25(34)35)31-24-18(12-30-33(24)23(21)27)16-6-7-19(28-10-16)15-5-8-20-17(9-15)11-29-32-20;2*25-20-21(13-4-6-14(7-5-13)24(32)33)30-23-18(12-29-31(23)22(20)27)16-8-9-19(28-11-16)15-2-1-3-17(26)10-15/h6-14H,2-5,28H2,1H3,(H,33,34);5-14H,1-4,27H2,(H,29,32)(H,34,35);2*1-3,8-14H,4-7,27H2,(H,32,33). The first-order valence-corrected chi connectivity index (χ1v) is 47.6. The Morgan fingerprint density at radius 3 is 0.912 bits per heavy atom. The molecule has 0 amide bonds. The average Bonchev–Trinajstić information content (AvgIpc) is 1.61. The van der Waals surface area contributed by atoms with Gasteiger partial charge in [-0.2, -0.15) is 43.6 Å². The van der Waals surface area contributed by atoms with Crippen molar-refractivity contribution < 1.29 is 53.1 Å². The molecule has 0 bridgehead atoms. The van der Waals surface area contributed by atoms with Crippen molar-refractivity contribution in [1.29, 1.82) is 0 Å². The lowest BCUT2D eigenvalue weighted by atomic mass is 9.80. The van der Waals surface area contributed by atoms with Gasteiger partial charge in [-0.1, -0.05) is 66.2 Å². The number of benzene rings is 4. The zero-order valence-electron chi connectivity index (χ0n) is 72.7. The highest BCUT2D eigenvalue weighted by atomic mass is 79.9. The van der Waals surface area contributed by atoms with Crippen molar-refractivity contribution in [2.45, 2.75) is 126 Å². The summed E-state index contributed by atoms with van der Waals surface area (Å²) < 4.78 is 41.6. The first-order chi connectivity index (χ1) is 65.7. The molecular weight excluding hydrogens is 2020 g/mol. The molecule has 0 radical (unpaired) electrons. The molecule has 0 aliphatic heterocycles. The van der Waals surface area contributed by atoms with Crippen molar-refractivity contribution in [3.63, 3.8) is 0 Å². The highest BCUT2D eigenvalue weighted by molar-refractivity contribution is 9.11. The summed E-state index contributed by atoms with van der Waals surface area (Å²) in [5, 5.41) is 63.6. The SMILES string of the molecule is COc1ccc(-c2ccc(-c3cnn4c(N)c(Br)c(C5CCC(C(=O)O)CC5)nc34)cn2)cc1Cl.Nc1c(Br)c(C2CCC(C(=O)O)CC2)nc2c(-c3ccc(-c4ccc5[nH]ncc5c4)nc3)cnn12.Nc1c(Br)c(C2CCC(C(=O)O)CC2)nc2c(-c3ccc(-c4cccc(F)c4)nc3)cnn12.Nc1c(Br)c(C2CCC(C(=O)O)CC2)nc2c(-c3ccc(-c4cccc(F)c4)nc3)cnn12. The molecule has 4 aliphatic carbocycles. The minimum atomic E-state index is -0.734. The van der Waals surface area contributed by atoms with Crippen LogP contribution in [0, 0.1) is 35.3 Å². The highest BCUT2D eigenvalue weighted by Crippen LogP contribution is 2.47. The van der Waals surface area contributed by atoms with Crippen molar-refractivity contribution in [1.82, 2.24) is 88.5 Å². The zero-order chi connectivity index (χ0) is 95.0. The van der Waals surface area contributed by atoms with Gasteiger partial charge in [0.15, 0.2) is 22.6 Å². The summed E-state index contributed by atoms with van der Waals surface area (Å²) in [7, 11) is 1.58. The third-order valence-corrected chi connectivity index (χ3v) is 29.7. The van der Waals surface area contributed by atoms with E-state index >= 15 is 0 Å². The second kappa shape index (κ2) is 39.7. The number of carboxylic acids is 4. The number of hydrogen-bond donors (Lipinski definition) is 9. The molecule has 4 fully saturated rings. The van der Waals surface area contributed by atoms with E-state index in [0.29, 0.717) is 144 Å². The maximum absolute atomic E-state index is 13.6. The number of aromatic amines is 1. The maximum Gasteiger partial charge on any atom is 0.306 e. The van der Waals surface area contributed by atoms with Crippen molar-refractivity contribution in [3.05, 3.63) is 247 Å². The number of rotatable bonds is 17. The van der Waals surface area contributed by atoms with Crippen LogP contribution in [0.15, 0.2) is 207 Å². The highest BCUT2D eigenvalue weighted by Gasteiger charge is 2.36. The first kappa shape index (κ1) is 92.8. The van der Waals surface area contributed by atoms with Crippen LogP contribution in [-0.4, -0.2) is 140 Å². The number of ether oxygens (including phenoxy) is 1. The monoisotopic (exact) mass is 2100 g/mol. The third-order valence-electron chi connectivity index (χ3n) is 26.2. The zero-order valence-corrected chi connectivity index (χ0v) is 79.8. The quantitative estimate of drug-likeness (QED) is 0.0409. The fourth-order valence-corrected chi connectivity index (χ4v) is 21.1. The number of nitrogens with zero attached hydrogens (tertiary/aromatic N) is 17. The molecule has 17 aromatic rings. The smallest absolute Gasteiger partial charge is 0.306 e. The number of H-pyrrole nitrogens is 1. The number of aliphatic carboxylic acids is 4. The van der Waals surface area contributed by atoms with Crippen molar-refractivity contribution >= 4 is 156 Å². The average molecular weight is 2110 g/mol. The number of carbonyl (C=O) groups is 4. The molecule has 692 valence electrons. The van der Waals surface area contributed by atoms with Crippen LogP contribution in [0.5, 0.6) is 5.75 Å². The van der Waals surface area contributed by atoms with Crippen LogP contribution < -0.4 is 27.7 Å². The van der Waals surface area contributed by atoms with Gasteiger partial charge < -0.3 is 48.1 Å². The number of fused-ring (bicyclic) bond motifs is 5.